The van der Waals surface area contributed by atoms with Crippen molar-refractivity contribution in [3.63, 3.8) is 0 Å². The lowest BCUT2D eigenvalue weighted by Gasteiger charge is -2.35. The fraction of sp³-hybridized carbons (Fsp3) is 0.750. The number of carbonyl (C=O) groups is 1. The fourth-order valence-corrected chi connectivity index (χ4v) is 1.52. The van der Waals surface area contributed by atoms with E-state index in [1.54, 1.807) is 0 Å². The molecular weight excluding hydrogens is 326 g/mol. The zero-order valence-corrected chi connectivity index (χ0v) is 10.9. The predicted molar refractivity (Wildman–Crippen MR) is 58.4 cm³/mol. The van der Waals surface area contributed by atoms with Gasteiger partial charge in [0, 0.05) is 0 Å². The molecule has 0 aliphatic rings. The van der Waals surface area contributed by atoms with Gasteiger partial charge in [0.2, 0.25) is 12.5 Å². The number of hydrogen-bond acceptors (Lipinski definition) is 1. The third-order valence-corrected chi connectivity index (χ3v) is 4.95. The number of alkyl halides is 7. The molecule has 78 valence electrons. The van der Waals surface area contributed by atoms with Crippen molar-refractivity contribution in [2.75, 3.05) is 0 Å². The summed E-state index contributed by atoms with van der Waals surface area (Å²) in [5.41, 5.74) is 4.81. The number of amides is 1. The van der Waals surface area contributed by atoms with Crippen LogP contribution in [0.25, 0.3) is 0 Å². The molecule has 2 N–H and O–H groups in total. The molecule has 1 amide bonds. The average molecular weight is 328 g/mol. The van der Waals surface area contributed by atoms with Crippen LogP contribution in [0, 0.1) is 0 Å². The van der Waals surface area contributed by atoms with Crippen LogP contribution in [0.4, 0.5) is 0 Å². The van der Waals surface area contributed by atoms with Gasteiger partial charge in [-0.25, -0.2) is 0 Å². The normalized spacial score (nSPS) is 14.4. The van der Waals surface area contributed by atoms with E-state index < -0.39 is 18.4 Å². The van der Waals surface area contributed by atoms with Gasteiger partial charge in [0.25, 0.3) is 5.91 Å². The van der Waals surface area contributed by atoms with E-state index in [0.717, 1.165) is 0 Å². The highest BCUT2D eigenvalue weighted by atomic mass is 35.6. The molecular formula is C4H2Cl7NO. The molecule has 0 rings (SSSR count). The summed E-state index contributed by atoms with van der Waals surface area (Å²) in [6, 6.07) is 0. The summed E-state index contributed by atoms with van der Waals surface area (Å²) in [5.74, 6) is -1.22. The quantitative estimate of drug-likeness (QED) is 0.777. The molecule has 0 saturated carbocycles. The third kappa shape index (κ3) is 2.75. The molecule has 0 aliphatic heterocycles. The maximum absolute atomic E-state index is 10.7. The second-order valence-electron chi connectivity index (χ2n) is 2.01. The molecule has 0 aliphatic carbocycles. The van der Waals surface area contributed by atoms with E-state index >= 15 is 0 Å². The number of primary amides is 1. The predicted octanol–water partition coefficient (Wildman–Crippen LogP) is 3.19. The molecule has 9 heteroatoms. The van der Waals surface area contributed by atoms with Crippen molar-refractivity contribution < 1.29 is 4.79 Å². The Labute approximate surface area is 109 Å². The van der Waals surface area contributed by atoms with Gasteiger partial charge in [0.15, 0.2) is 0 Å². The Morgan fingerprint density at radius 2 is 1.23 bits per heavy atom. The van der Waals surface area contributed by atoms with Crippen LogP contribution in [-0.4, -0.2) is 18.4 Å². The molecule has 0 spiro atoms. The minimum absolute atomic E-state index is 1.22. The molecule has 0 atom stereocenters. The van der Waals surface area contributed by atoms with E-state index in [1.807, 2.05) is 0 Å². The highest BCUT2D eigenvalue weighted by molar-refractivity contribution is 6.80. The highest BCUT2D eigenvalue weighted by Crippen LogP contribution is 2.55. The lowest BCUT2D eigenvalue weighted by molar-refractivity contribution is -0.118. The summed E-state index contributed by atoms with van der Waals surface area (Å²) in [7, 11) is 0. The molecule has 0 radical (unpaired) electrons. The van der Waals surface area contributed by atoms with Gasteiger partial charge >= 0.3 is 0 Å². The Balaban J connectivity index is 5.16. The second-order valence-corrected chi connectivity index (χ2v) is 6.95. The van der Waals surface area contributed by atoms with Crippen LogP contribution in [0.1, 0.15) is 0 Å². The molecule has 0 aromatic rings. The Kier molecular flexibility index (Phi) is 4.65. The van der Waals surface area contributed by atoms with Crippen molar-refractivity contribution >= 4 is 87.1 Å². The average Bonchev–Trinajstić information content (AvgIpc) is 1.84. The lowest BCUT2D eigenvalue weighted by Crippen LogP contribution is -2.54. The van der Waals surface area contributed by atoms with Crippen LogP contribution in [0.2, 0.25) is 0 Å². The molecule has 0 saturated heterocycles. The maximum Gasteiger partial charge on any atom is 0.257 e. The van der Waals surface area contributed by atoms with Crippen molar-refractivity contribution in [2.24, 2.45) is 5.73 Å². The van der Waals surface area contributed by atoms with Crippen LogP contribution < -0.4 is 5.73 Å². The molecule has 0 heterocycles. The monoisotopic (exact) mass is 325 g/mol. The number of rotatable bonds is 2. The highest BCUT2D eigenvalue weighted by Gasteiger charge is 2.63. The van der Waals surface area contributed by atoms with E-state index in [4.69, 9.17) is 86.9 Å². The fourth-order valence-electron chi connectivity index (χ4n) is 0.333. The largest absolute Gasteiger partial charge is 0.367 e. The topological polar surface area (TPSA) is 43.1 Å². The van der Waals surface area contributed by atoms with Gasteiger partial charge in [-0.3, -0.25) is 4.79 Å². The summed E-state index contributed by atoms with van der Waals surface area (Å²) in [5, 5.41) is 0. The van der Waals surface area contributed by atoms with Gasteiger partial charge in [0.1, 0.15) is 0 Å². The molecule has 0 aromatic heterocycles. The van der Waals surface area contributed by atoms with E-state index in [-0.39, 0.29) is 0 Å². The van der Waals surface area contributed by atoms with E-state index in [2.05, 4.69) is 0 Å². The van der Waals surface area contributed by atoms with Gasteiger partial charge in [-0.15, -0.1) is 0 Å². The first-order chi connectivity index (χ1) is 5.44. The Morgan fingerprint density at radius 1 is 0.923 bits per heavy atom. The lowest BCUT2D eigenvalue weighted by atomic mass is 10.3. The molecule has 13 heavy (non-hydrogen) atoms. The molecule has 0 bridgehead atoms. The molecule has 0 fully saturated rings. The first-order valence-corrected chi connectivity index (χ1v) is 5.21. The van der Waals surface area contributed by atoms with Crippen LogP contribution in [0.5, 0.6) is 0 Å². The standard InChI is InChI=1S/C4H2Cl7NO/c5-2(6,1(12)13)3(7,8)4(9,10)11/h(H2,12,13). The van der Waals surface area contributed by atoms with E-state index in [9.17, 15) is 4.79 Å². The summed E-state index contributed by atoms with van der Waals surface area (Å²) >= 11 is 37.9. The third-order valence-electron chi connectivity index (χ3n) is 1.06. The van der Waals surface area contributed by atoms with Gasteiger partial charge in [-0.05, 0) is 0 Å². The van der Waals surface area contributed by atoms with Gasteiger partial charge in [-0.1, -0.05) is 81.2 Å². The minimum Gasteiger partial charge on any atom is -0.367 e. The first kappa shape index (κ1) is 14.5. The van der Waals surface area contributed by atoms with Crippen LogP contribution in [-0.2, 0) is 4.79 Å². The SMILES string of the molecule is NC(=O)C(Cl)(Cl)C(Cl)(Cl)C(Cl)(Cl)Cl. The summed E-state index contributed by atoms with van der Waals surface area (Å²) < 4.78 is -7.00. The number of hydrogen-bond donors (Lipinski definition) is 1. The molecule has 2 nitrogen and oxygen atoms in total. The van der Waals surface area contributed by atoms with Crippen molar-refractivity contribution in [1.29, 1.82) is 0 Å². The van der Waals surface area contributed by atoms with Gasteiger partial charge < -0.3 is 5.73 Å². The van der Waals surface area contributed by atoms with Gasteiger partial charge in [0.05, 0.1) is 0 Å². The first-order valence-electron chi connectivity index (χ1n) is 2.57. The zero-order chi connectivity index (χ0) is 11.1. The molecule has 0 unspecified atom stereocenters. The summed E-state index contributed by atoms with van der Waals surface area (Å²) in [6.45, 7) is 0. The van der Waals surface area contributed by atoms with Gasteiger partial charge in [-0.2, -0.15) is 0 Å². The zero-order valence-electron chi connectivity index (χ0n) is 5.63. The Hall–Kier alpha value is 1.50. The Bertz CT molecular complexity index is 219. The maximum atomic E-state index is 10.7. The summed E-state index contributed by atoms with van der Waals surface area (Å²) in [4.78, 5) is 10.7. The smallest absolute Gasteiger partial charge is 0.257 e. The number of halogens is 7. The van der Waals surface area contributed by atoms with Crippen LogP contribution in [0.15, 0.2) is 0 Å². The van der Waals surface area contributed by atoms with Crippen molar-refractivity contribution in [1.82, 2.24) is 0 Å². The van der Waals surface area contributed by atoms with E-state index in [1.165, 1.54) is 0 Å². The Morgan fingerprint density at radius 3 is 1.31 bits per heavy atom. The summed E-state index contributed by atoms with van der Waals surface area (Å²) in [6.07, 6.45) is 0. The molecule has 0 aromatic carbocycles. The van der Waals surface area contributed by atoms with Crippen molar-refractivity contribution in [3.8, 4) is 0 Å². The number of carbonyl (C=O) groups excluding carboxylic acids is 1. The van der Waals surface area contributed by atoms with Crippen LogP contribution in [0.3, 0.4) is 0 Å². The minimum atomic E-state index is -2.40. The van der Waals surface area contributed by atoms with Crippen LogP contribution >= 0.6 is 81.2 Å². The van der Waals surface area contributed by atoms with Crippen molar-refractivity contribution in [3.05, 3.63) is 0 Å². The van der Waals surface area contributed by atoms with E-state index in [0.29, 0.717) is 0 Å². The second kappa shape index (κ2) is 4.17. The number of nitrogens with two attached hydrogens (primary N) is 1. The van der Waals surface area contributed by atoms with Crippen molar-refractivity contribution in [2.45, 2.75) is 12.5 Å².